The van der Waals surface area contributed by atoms with Gasteiger partial charge in [0.1, 0.15) is 0 Å². The van der Waals surface area contributed by atoms with Gasteiger partial charge in [-0.2, -0.15) is 0 Å². The Kier molecular flexibility index (Phi) is 8.61. The van der Waals surface area contributed by atoms with Crippen molar-refractivity contribution in [2.24, 2.45) is 0 Å². The number of esters is 2. The van der Waals surface area contributed by atoms with Crippen LogP contribution in [0.15, 0.2) is 12.2 Å². The smallest absolute Gasteiger partial charge is 0.338 e. The predicted octanol–water partition coefficient (Wildman–Crippen LogP) is 0.157. The highest BCUT2D eigenvalue weighted by molar-refractivity contribution is 6.04. The number of carbonyl (C=O) groups excluding carboxylic acids is 2. The molecular formula is C10H16O5. The molecule has 0 aliphatic carbocycles. The Morgan fingerprint density at radius 3 is 1.47 bits per heavy atom. The first-order chi connectivity index (χ1) is 7.20. The monoisotopic (exact) mass is 216 g/mol. The predicted molar refractivity (Wildman–Crippen MR) is 52.9 cm³/mol. The maximum absolute atomic E-state index is 9.92. The molecule has 0 bridgehead atoms. The number of aliphatic hydroxyl groups is 2. The lowest BCUT2D eigenvalue weighted by Crippen LogP contribution is -1.96. The first kappa shape index (κ1) is 13.8. The summed E-state index contributed by atoms with van der Waals surface area (Å²) in [6.45, 7) is 0.566. The average Bonchev–Trinajstić information content (AvgIpc) is 2.58. The second-order valence-corrected chi connectivity index (χ2v) is 2.93. The standard InChI is InChI=1S/C6H14O2.C4H2O3/c7-5-3-1-2-4-6-8;5-3-1-2-4(6)7-3/h7-8H,1-6H2;1-2H. The minimum absolute atomic E-state index is 0.283. The molecule has 0 saturated heterocycles. The SMILES string of the molecule is O=C1C=CC(=O)O1.OCCCCCCO. The van der Waals surface area contributed by atoms with Crippen LogP contribution in [0.2, 0.25) is 0 Å². The van der Waals surface area contributed by atoms with Crippen molar-refractivity contribution < 1.29 is 24.5 Å². The maximum atomic E-state index is 9.92. The van der Waals surface area contributed by atoms with Crippen LogP contribution in [0.5, 0.6) is 0 Å². The summed E-state index contributed by atoms with van der Waals surface area (Å²) in [7, 11) is 0. The van der Waals surface area contributed by atoms with Crippen LogP contribution in [0.25, 0.3) is 0 Å². The summed E-state index contributed by atoms with van der Waals surface area (Å²) in [6, 6.07) is 0. The molecule has 2 N–H and O–H groups in total. The van der Waals surface area contributed by atoms with Gasteiger partial charge in [0.15, 0.2) is 0 Å². The van der Waals surface area contributed by atoms with Crippen molar-refractivity contribution in [1.82, 2.24) is 0 Å². The molecule has 5 nitrogen and oxygen atoms in total. The molecule has 0 aromatic carbocycles. The van der Waals surface area contributed by atoms with Gasteiger partial charge in [0.25, 0.3) is 0 Å². The van der Waals surface area contributed by atoms with E-state index in [0.717, 1.165) is 37.8 Å². The molecule has 0 amide bonds. The van der Waals surface area contributed by atoms with Gasteiger partial charge in [-0.15, -0.1) is 0 Å². The summed E-state index contributed by atoms with van der Waals surface area (Å²) < 4.78 is 3.97. The van der Waals surface area contributed by atoms with Gasteiger partial charge < -0.3 is 14.9 Å². The number of hydrogen-bond acceptors (Lipinski definition) is 5. The van der Waals surface area contributed by atoms with Gasteiger partial charge in [-0.25, -0.2) is 9.59 Å². The van der Waals surface area contributed by atoms with Crippen molar-refractivity contribution in [3.63, 3.8) is 0 Å². The lowest BCUT2D eigenvalue weighted by molar-refractivity contribution is -0.150. The molecule has 0 radical (unpaired) electrons. The van der Waals surface area contributed by atoms with Gasteiger partial charge in [-0.05, 0) is 12.8 Å². The molecule has 0 spiro atoms. The fourth-order valence-electron chi connectivity index (χ4n) is 0.880. The van der Waals surface area contributed by atoms with Crippen molar-refractivity contribution in [2.45, 2.75) is 25.7 Å². The Balaban J connectivity index is 0.000000262. The van der Waals surface area contributed by atoms with Gasteiger partial charge in [-0.3, -0.25) is 0 Å². The molecule has 0 saturated carbocycles. The zero-order valence-electron chi connectivity index (χ0n) is 8.52. The lowest BCUT2D eigenvalue weighted by atomic mass is 10.2. The largest absolute Gasteiger partial charge is 0.396 e. The topological polar surface area (TPSA) is 83.8 Å². The van der Waals surface area contributed by atoms with E-state index in [0.29, 0.717) is 0 Å². The van der Waals surface area contributed by atoms with E-state index in [1.54, 1.807) is 0 Å². The Morgan fingerprint density at radius 2 is 1.27 bits per heavy atom. The summed E-state index contributed by atoms with van der Waals surface area (Å²) in [6.07, 6.45) is 6.00. The molecule has 0 atom stereocenters. The van der Waals surface area contributed by atoms with Crippen LogP contribution in [0.3, 0.4) is 0 Å². The number of carbonyl (C=O) groups is 2. The highest BCUT2D eigenvalue weighted by Crippen LogP contribution is 1.96. The quantitative estimate of drug-likeness (QED) is 0.388. The number of cyclic esters (lactones) is 2. The minimum atomic E-state index is -0.579. The molecule has 86 valence electrons. The number of ether oxygens (including phenoxy) is 1. The molecule has 1 heterocycles. The molecular weight excluding hydrogens is 200 g/mol. The van der Waals surface area contributed by atoms with Crippen LogP contribution in [0, 0.1) is 0 Å². The van der Waals surface area contributed by atoms with Crippen molar-refractivity contribution in [3.05, 3.63) is 12.2 Å². The number of aliphatic hydroxyl groups excluding tert-OH is 2. The lowest BCUT2D eigenvalue weighted by Gasteiger charge is -1.93. The van der Waals surface area contributed by atoms with Crippen LogP contribution in [-0.4, -0.2) is 35.4 Å². The molecule has 0 aromatic rings. The highest BCUT2D eigenvalue weighted by atomic mass is 16.6. The highest BCUT2D eigenvalue weighted by Gasteiger charge is 2.10. The third kappa shape index (κ3) is 9.11. The van der Waals surface area contributed by atoms with Crippen LogP contribution < -0.4 is 0 Å². The van der Waals surface area contributed by atoms with Crippen LogP contribution >= 0.6 is 0 Å². The van der Waals surface area contributed by atoms with Gasteiger partial charge >= 0.3 is 11.9 Å². The Bertz CT molecular complexity index is 200. The van der Waals surface area contributed by atoms with E-state index in [9.17, 15) is 9.59 Å². The number of unbranched alkanes of at least 4 members (excludes halogenated alkanes) is 3. The summed E-state index contributed by atoms with van der Waals surface area (Å²) in [5, 5.41) is 16.6. The third-order valence-corrected chi connectivity index (χ3v) is 1.62. The fraction of sp³-hybridized carbons (Fsp3) is 0.600. The van der Waals surface area contributed by atoms with Gasteiger partial charge in [0.05, 0.1) is 0 Å². The van der Waals surface area contributed by atoms with Gasteiger partial charge in [-0.1, -0.05) is 12.8 Å². The fourth-order valence-corrected chi connectivity index (χ4v) is 0.880. The normalized spacial score (nSPS) is 13.5. The summed E-state index contributed by atoms with van der Waals surface area (Å²) >= 11 is 0. The first-order valence-electron chi connectivity index (χ1n) is 4.86. The minimum Gasteiger partial charge on any atom is -0.396 e. The Hall–Kier alpha value is -1.20. The summed E-state index contributed by atoms with van der Waals surface area (Å²) in [4.78, 5) is 19.8. The molecule has 5 heteroatoms. The Labute approximate surface area is 88.4 Å². The number of hydrogen-bond donors (Lipinski definition) is 2. The second-order valence-electron chi connectivity index (χ2n) is 2.93. The van der Waals surface area contributed by atoms with E-state index in [1.807, 2.05) is 0 Å². The summed E-state index contributed by atoms with van der Waals surface area (Å²) in [5.74, 6) is -1.16. The van der Waals surface area contributed by atoms with Crippen LogP contribution in [0.4, 0.5) is 0 Å². The molecule has 1 aliphatic rings. The van der Waals surface area contributed by atoms with E-state index in [-0.39, 0.29) is 13.2 Å². The molecule has 15 heavy (non-hydrogen) atoms. The second kappa shape index (κ2) is 9.36. The van der Waals surface area contributed by atoms with E-state index >= 15 is 0 Å². The third-order valence-electron chi connectivity index (χ3n) is 1.62. The summed E-state index contributed by atoms with van der Waals surface area (Å²) in [5.41, 5.74) is 0. The van der Waals surface area contributed by atoms with E-state index in [1.165, 1.54) is 0 Å². The van der Waals surface area contributed by atoms with Gasteiger partial charge in [0.2, 0.25) is 0 Å². The van der Waals surface area contributed by atoms with E-state index in [2.05, 4.69) is 4.74 Å². The molecule has 1 rings (SSSR count). The number of rotatable bonds is 5. The average molecular weight is 216 g/mol. The first-order valence-corrected chi connectivity index (χ1v) is 4.86. The maximum Gasteiger partial charge on any atom is 0.338 e. The molecule has 0 aromatic heterocycles. The zero-order valence-corrected chi connectivity index (χ0v) is 8.52. The zero-order chi connectivity index (χ0) is 11.5. The molecule has 1 aliphatic heterocycles. The van der Waals surface area contributed by atoms with Crippen LogP contribution in [0.1, 0.15) is 25.7 Å². The van der Waals surface area contributed by atoms with Crippen molar-refractivity contribution in [2.75, 3.05) is 13.2 Å². The van der Waals surface area contributed by atoms with Crippen molar-refractivity contribution in [1.29, 1.82) is 0 Å². The van der Waals surface area contributed by atoms with Gasteiger partial charge in [0, 0.05) is 25.4 Å². The molecule has 0 unspecified atom stereocenters. The van der Waals surface area contributed by atoms with Crippen molar-refractivity contribution in [3.8, 4) is 0 Å². The Morgan fingerprint density at radius 1 is 0.867 bits per heavy atom. The van der Waals surface area contributed by atoms with E-state index in [4.69, 9.17) is 10.2 Å². The molecule has 0 fully saturated rings. The van der Waals surface area contributed by atoms with E-state index < -0.39 is 11.9 Å². The van der Waals surface area contributed by atoms with Crippen LogP contribution in [-0.2, 0) is 14.3 Å². The van der Waals surface area contributed by atoms with Crippen molar-refractivity contribution >= 4 is 11.9 Å².